The summed E-state index contributed by atoms with van der Waals surface area (Å²) in [7, 11) is 0. The normalized spacial score (nSPS) is 12.3. The average molecular weight is 272 g/mol. The Balaban J connectivity index is 2.77. The zero-order valence-corrected chi connectivity index (χ0v) is 10.3. The molecule has 15 heavy (non-hydrogen) atoms. The van der Waals surface area contributed by atoms with Gasteiger partial charge in [-0.1, -0.05) is 6.92 Å². The number of pyridine rings is 1. The maximum absolute atomic E-state index is 11.5. The second-order valence-electron chi connectivity index (χ2n) is 3.32. The lowest BCUT2D eigenvalue weighted by molar-refractivity contribution is -0.117. The van der Waals surface area contributed by atoms with Crippen molar-refractivity contribution in [1.29, 1.82) is 0 Å². The highest BCUT2D eigenvalue weighted by Crippen LogP contribution is 2.16. The molecule has 82 valence electrons. The Labute approximate surface area is 97.4 Å². The summed E-state index contributed by atoms with van der Waals surface area (Å²) >= 11 is 3.31. The molecule has 0 aliphatic carbocycles. The van der Waals surface area contributed by atoms with Gasteiger partial charge in [-0.25, -0.2) is 4.98 Å². The van der Waals surface area contributed by atoms with Crippen LogP contribution in [0.1, 0.15) is 18.9 Å². The topological polar surface area (TPSA) is 68.0 Å². The highest BCUT2D eigenvalue weighted by atomic mass is 79.9. The highest BCUT2D eigenvalue weighted by Gasteiger charge is 2.12. The maximum atomic E-state index is 11.5. The summed E-state index contributed by atoms with van der Waals surface area (Å²) in [6.45, 7) is 3.75. The Hall–Kier alpha value is -0.940. The molecular weight excluding hydrogens is 258 g/mol. The van der Waals surface area contributed by atoms with Gasteiger partial charge in [0.25, 0.3) is 0 Å². The van der Waals surface area contributed by atoms with E-state index in [1.165, 1.54) is 0 Å². The summed E-state index contributed by atoms with van der Waals surface area (Å²) in [5.74, 6) is 0.363. The number of anilines is 1. The molecule has 1 amide bonds. The fraction of sp³-hybridized carbons (Fsp3) is 0.400. The van der Waals surface area contributed by atoms with Gasteiger partial charge in [0.15, 0.2) is 0 Å². The molecule has 3 N–H and O–H groups in total. The lowest BCUT2D eigenvalue weighted by Gasteiger charge is -2.11. The summed E-state index contributed by atoms with van der Waals surface area (Å²) in [5.41, 5.74) is 6.50. The van der Waals surface area contributed by atoms with Crippen LogP contribution in [0.4, 0.5) is 5.82 Å². The van der Waals surface area contributed by atoms with Crippen LogP contribution < -0.4 is 11.1 Å². The van der Waals surface area contributed by atoms with Crippen LogP contribution in [0.3, 0.4) is 0 Å². The van der Waals surface area contributed by atoms with Crippen molar-refractivity contribution in [3.8, 4) is 0 Å². The zero-order chi connectivity index (χ0) is 11.4. The molecule has 0 spiro atoms. The quantitative estimate of drug-likeness (QED) is 0.882. The average Bonchev–Trinajstić information content (AvgIpc) is 2.20. The zero-order valence-electron chi connectivity index (χ0n) is 8.75. The minimum absolute atomic E-state index is 0.199. The van der Waals surface area contributed by atoms with Gasteiger partial charge in [0.2, 0.25) is 5.91 Å². The van der Waals surface area contributed by atoms with Crippen molar-refractivity contribution in [1.82, 2.24) is 4.98 Å². The molecule has 0 saturated carbocycles. The Morgan fingerprint density at radius 1 is 1.73 bits per heavy atom. The standard InChI is InChI=1S/C10H14BrN3O/c1-3-8(12)10(15)14-9-6(2)4-7(11)5-13-9/h4-5,8H,3,12H2,1-2H3,(H,13,14,15)/t8-/m1/s1. The molecule has 0 saturated heterocycles. The van der Waals surface area contributed by atoms with Gasteiger partial charge < -0.3 is 11.1 Å². The second kappa shape index (κ2) is 5.23. The minimum Gasteiger partial charge on any atom is -0.320 e. The number of hydrogen-bond donors (Lipinski definition) is 2. The molecule has 4 nitrogen and oxygen atoms in total. The number of rotatable bonds is 3. The summed E-state index contributed by atoms with van der Waals surface area (Å²) < 4.78 is 0.887. The molecule has 1 rings (SSSR count). The first-order valence-corrected chi connectivity index (χ1v) is 5.52. The van der Waals surface area contributed by atoms with E-state index >= 15 is 0 Å². The first-order valence-electron chi connectivity index (χ1n) is 4.73. The molecular formula is C10H14BrN3O. The number of amides is 1. The molecule has 0 aromatic carbocycles. The number of nitrogens with zero attached hydrogens (tertiary/aromatic N) is 1. The van der Waals surface area contributed by atoms with Crippen LogP contribution in [-0.4, -0.2) is 16.9 Å². The van der Waals surface area contributed by atoms with Gasteiger partial charge in [-0.2, -0.15) is 0 Å². The molecule has 1 atom stereocenters. The molecule has 1 aromatic heterocycles. The van der Waals surface area contributed by atoms with Gasteiger partial charge >= 0.3 is 0 Å². The van der Waals surface area contributed by atoms with Crippen molar-refractivity contribution in [2.75, 3.05) is 5.32 Å². The molecule has 1 heterocycles. The Morgan fingerprint density at radius 2 is 2.40 bits per heavy atom. The smallest absolute Gasteiger partial charge is 0.242 e. The van der Waals surface area contributed by atoms with Crippen molar-refractivity contribution >= 4 is 27.7 Å². The van der Waals surface area contributed by atoms with E-state index < -0.39 is 6.04 Å². The number of aryl methyl sites for hydroxylation is 1. The number of carbonyl (C=O) groups excluding carboxylic acids is 1. The molecule has 5 heteroatoms. The molecule has 0 fully saturated rings. The first kappa shape index (κ1) is 12.1. The Morgan fingerprint density at radius 3 is 2.93 bits per heavy atom. The van der Waals surface area contributed by atoms with E-state index in [0.717, 1.165) is 10.0 Å². The van der Waals surface area contributed by atoms with Crippen LogP contribution in [-0.2, 0) is 4.79 Å². The van der Waals surface area contributed by atoms with E-state index in [-0.39, 0.29) is 5.91 Å². The van der Waals surface area contributed by atoms with Crippen molar-refractivity contribution in [2.24, 2.45) is 5.73 Å². The number of halogens is 1. The summed E-state index contributed by atoms with van der Waals surface area (Å²) in [6, 6.07) is 1.41. The molecule has 0 aliphatic rings. The third-order valence-electron chi connectivity index (χ3n) is 2.06. The van der Waals surface area contributed by atoms with Crippen LogP contribution in [0.2, 0.25) is 0 Å². The second-order valence-corrected chi connectivity index (χ2v) is 4.24. The number of carbonyl (C=O) groups is 1. The van der Waals surface area contributed by atoms with Gasteiger partial charge in [-0.3, -0.25) is 4.79 Å². The van der Waals surface area contributed by atoms with Crippen LogP contribution in [0.25, 0.3) is 0 Å². The van der Waals surface area contributed by atoms with E-state index in [2.05, 4.69) is 26.2 Å². The van der Waals surface area contributed by atoms with Crippen LogP contribution in [0.15, 0.2) is 16.7 Å². The number of hydrogen-bond acceptors (Lipinski definition) is 3. The van der Waals surface area contributed by atoms with E-state index in [1.807, 2.05) is 19.9 Å². The Kier molecular flexibility index (Phi) is 4.23. The molecule has 0 bridgehead atoms. The van der Waals surface area contributed by atoms with E-state index in [9.17, 15) is 4.79 Å². The van der Waals surface area contributed by atoms with Gasteiger partial charge in [0.05, 0.1) is 6.04 Å². The lowest BCUT2D eigenvalue weighted by Crippen LogP contribution is -2.35. The molecule has 0 unspecified atom stereocenters. The van der Waals surface area contributed by atoms with Gasteiger partial charge in [-0.15, -0.1) is 0 Å². The number of nitrogens with one attached hydrogen (secondary N) is 1. The van der Waals surface area contributed by atoms with Crippen molar-refractivity contribution in [2.45, 2.75) is 26.3 Å². The van der Waals surface area contributed by atoms with E-state index in [4.69, 9.17) is 5.73 Å². The summed E-state index contributed by atoms with van der Waals surface area (Å²) in [4.78, 5) is 15.6. The number of aromatic nitrogens is 1. The molecule has 0 radical (unpaired) electrons. The minimum atomic E-state index is -0.477. The molecule has 1 aromatic rings. The van der Waals surface area contributed by atoms with Crippen molar-refractivity contribution in [3.63, 3.8) is 0 Å². The fourth-order valence-corrected chi connectivity index (χ4v) is 1.51. The molecule has 0 aliphatic heterocycles. The van der Waals surface area contributed by atoms with E-state index in [0.29, 0.717) is 12.2 Å². The van der Waals surface area contributed by atoms with Crippen LogP contribution in [0.5, 0.6) is 0 Å². The maximum Gasteiger partial charge on any atom is 0.242 e. The van der Waals surface area contributed by atoms with Gasteiger partial charge in [0.1, 0.15) is 5.82 Å². The monoisotopic (exact) mass is 271 g/mol. The largest absolute Gasteiger partial charge is 0.320 e. The Bertz CT molecular complexity index is 368. The van der Waals surface area contributed by atoms with Gasteiger partial charge in [-0.05, 0) is 40.9 Å². The highest BCUT2D eigenvalue weighted by molar-refractivity contribution is 9.10. The van der Waals surface area contributed by atoms with Crippen LogP contribution >= 0.6 is 15.9 Å². The number of nitrogens with two attached hydrogens (primary N) is 1. The van der Waals surface area contributed by atoms with Gasteiger partial charge in [0, 0.05) is 10.7 Å². The summed E-state index contributed by atoms with van der Waals surface area (Å²) in [5, 5.41) is 2.69. The predicted molar refractivity (Wildman–Crippen MR) is 63.6 cm³/mol. The van der Waals surface area contributed by atoms with Crippen molar-refractivity contribution < 1.29 is 4.79 Å². The van der Waals surface area contributed by atoms with E-state index in [1.54, 1.807) is 6.20 Å². The fourth-order valence-electron chi connectivity index (χ4n) is 1.07. The SMILES string of the molecule is CC[C@@H](N)C(=O)Nc1ncc(Br)cc1C. The third kappa shape index (κ3) is 3.28. The third-order valence-corrected chi connectivity index (χ3v) is 2.50. The first-order chi connectivity index (χ1) is 7.04. The predicted octanol–water partition coefficient (Wildman–Crippen LogP) is 1.83. The van der Waals surface area contributed by atoms with Crippen molar-refractivity contribution in [3.05, 3.63) is 22.3 Å². The van der Waals surface area contributed by atoms with Crippen LogP contribution in [0, 0.1) is 6.92 Å². The summed E-state index contributed by atoms with van der Waals surface area (Å²) in [6.07, 6.45) is 2.25. The lowest BCUT2D eigenvalue weighted by atomic mass is 10.2.